The quantitative estimate of drug-likeness (QED) is 0.133. The van der Waals surface area contributed by atoms with E-state index in [1.54, 1.807) is 34.6 Å². The van der Waals surface area contributed by atoms with Gasteiger partial charge in [0.1, 0.15) is 29.5 Å². The molecule has 3 N–H and O–H groups in total. The van der Waals surface area contributed by atoms with Gasteiger partial charge in [-0.2, -0.15) is 0 Å². The summed E-state index contributed by atoms with van der Waals surface area (Å²) in [6.45, 7) is 13.9. The van der Waals surface area contributed by atoms with E-state index in [1.807, 2.05) is 13.8 Å². The highest BCUT2D eigenvalue weighted by atomic mass is 31.1. The Balaban J connectivity index is 2.62. The molecule has 2 heterocycles. The number of rotatable bonds is 5. The average Bonchev–Trinajstić information content (AvgIpc) is 3.13. The maximum absolute atomic E-state index is 13.7. The number of hydrogen-bond acceptors (Lipinski definition) is 9. The van der Waals surface area contributed by atoms with E-state index in [0.717, 1.165) is 0 Å². The van der Waals surface area contributed by atoms with Gasteiger partial charge in [-0.3, -0.25) is 19.2 Å². The Bertz CT molecular complexity index is 911. The van der Waals surface area contributed by atoms with Crippen molar-refractivity contribution in [3.8, 4) is 0 Å². The summed E-state index contributed by atoms with van der Waals surface area (Å²) in [4.78, 5) is 67.5. The monoisotopic (exact) mass is 542 g/mol. The van der Waals surface area contributed by atoms with Gasteiger partial charge in [-0.1, -0.05) is 39.8 Å². The summed E-state index contributed by atoms with van der Waals surface area (Å²) < 4.78 is 11.7. The van der Waals surface area contributed by atoms with Gasteiger partial charge in [0, 0.05) is 23.7 Å². The van der Waals surface area contributed by atoms with Gasteiger partial charge in [0.25, 0.3) is 0 Å². The van der Waals surface area contributed by atoms with E-state index < -0.39 is 62.0 Å². The predicted octanol–water partition coefficient (Wildman–Crippen LogP) is 3.19. The third-order valence-corrected chi connectivity index (χ3v) is 8.40. The molecule has 10 nitrogen and oxygen atoms in total. The zero-order valence-electron chi connectivity index (χ0n) is 23.1. The molecule has 0 aromatic rings. The maximum Gasteiger partial charge on any atom is 0.317 e. The summed E-state index contributed by atoms with van der Waals surface area (Å²) in [5.41, 5.74) is 4.81. The molecular formula is C26H43N2O8P. The van der Waals surface area contributed by atoms with Gasteiger partial charge >= 0.3 is 11.9 Å². The summed E-state index contributed by atoms with van der Waals surface area (Å²) >= 11 is 0. The van der Waals surface area contributed by atoms with Crippen LogP contribution in [0.2, 0.25) is 0 Å². The molecule has 0 amide bonds. The smallest absolute Gasteiger partial charge is 0.317 e. The molecule has 37 heavy (non-hydrogen) atoms. The van der Waals surface area contributed by atoms with Crippen molar-refractivity contribution in [2.75, 3.05) is 0 Å². The number of Topliss-reactive ketones (excluding diaryl/α,β-unsaturated/α-hetero) is 2. The summed E-state index contributed by atoms with van der Waals surface area (Å²) in [7, 11) is -0.545. The summed E-state index contributed by atoms with van der Waals surface area (Å²) in [5, 5.41) is 3.87. The second kappa shape index (κ2) is 12.7. The number of ether oxygens (including phenoxy) is 2. The zero-order chi connectivity index (χ0) is 28.2. The Labute approximate surface area is 221 Å². The number of ketones is 2. The van der Waals surface area contributed by atoms with Crippen LogP contribution in [-0.2, 0) is 33.5 Å². The van der Waals surface area contributed by atoms with Crippen molar-refractivity contribution in [1.29, 1.82) is 0 Å². The van der Waals surface area contributed by atoms with Crippen LogP contribution in [0.4, 0.5) is 0 Å². The highest BCUT2D eigenvalue weighted by molar-refractivity contribution is 7.31. The number of carbonyl (C=O) groups is 4. The van der Waals surface area contributed by atoms with Crippen LogP contribution >= 0.6 is 8.81 Å². The summed E-state index contributed by atoms with van der Waals surface area (Å²) in [6.07, 6.45) is 0.454. The van der Waals surface area contributed by atoms with E-state index in [4.69, 9.17) is 20.0 Å². The molecule has 11 unspecified atom stereocenters. The SMILES string of the molecule is CCC1OC(=O)C(C)C(=O)C(C)CC(C)CC(C)C(=O)C(C)C2C(C(N)=NOC(C)PO)C(=O)OC12C. The van der Waals surface area contributed by atoms with E-state index in [1.165, 1.54) is 6.92 Å². The van der Waals surface area contributed by atoms with E-state index in [9.17, 15) is 24.1 Å². The van der Waals surface area contributed by atoms with Gasteiger partial charge in [0.05, 0.1) is 8.81 Å². The van der Waals surface area contributed by atoms with Crippen molar-refractivity contribution in [2.45, 2.75) is 92.2 Å². The lowest BCUT2D eigenvalue weighted by Gasteiger charge is -2.40. The maximum atomic E-state index is 13.7. The highest BCUT2D eigenvalue weighted by Gasteiger charge is 2.62. The highest BCUT2D eigenvalue weighted by Crippen LogP contribution is 2.47. The molecule has 210 valence electrons. The molecule has 0 saturated carbocycles. The van der Waals surface area contributed by atoms with Crippen molar-refractivity contribution in [3.63, 3.8) is 0 Å². The number of oxime groups is 1. The first-order valence-corrected chi connectivity index (χ1v) is 14.1. The Kier molecular flexibility index (Phi) is 10.7. The molecule has 2 rings (SSSR count). The molecule has 11 atom stereocenters. The van der Waals surface area contributed by atoms with Crippen LogP contribution in [0.3, 0.4) is 0 Å². The third kappa shape index (κ3) is 6.69. The Hall–Kier alpha value is -2.06. The van der Waals surface area contributed by atoms with Gasteiger partial charge in [0.2, 0.25) is 0 Å². The summed E-state index contributed by atoms with van der Waals surface area (Å²) in [5.74, 6) is -6.74. The van der Waals surface area contributed by atoms with Crippen LogP contribution in [0.15, 0.2) is 5.16 Å². The number of amidine groups is 1. The second-order valence-corrected chi connectivity index (χ2v) is 12.1. The van der Waals surface area contributed by atoms with E-state index in [2.05, 4.69) is 5.16 Å². The molecule has 11 heteroatoms. The minimum absolute atomic E-state index is 0.0594. The Morgan fingerprint density at radius 3 is 2.22 bits per heavy atom. The van der Waals surface area contributed by atoms with Gasteiger partial charge in [-0.15, -0.1) is 0 Å². The van der Waals surface area contributed by atoms with E-state index in [0.29, 0.717) is 12.8 Å². The van der Waals surface area contributed by atoms with Gasteiger partial charge in [-0.05, 0) is 46.0 Å². The number of nitrogens with zero attached hydrogens (tertiary/aromatic N) is 1. The largest absolute Gasteiger partial charge is 0.458 e. The first kappa shape index (κ1) is 31.2. The molecule has 0 aromatic carbocycles. The molecule has 2 fully saturated rings. The molecule has 0 aromatic heterocycles. The number of carbonyl (C=O) groups excluding carboxylic acids is 4. The van der Waals surface area contributed by atoms with Gasteiger partial charge in [-0.25, -0.2) is 0 Å². The topological polar surface area (TPSA) is 155 Å². The number of esters is 2. The number of nitrogens with two attached hydrogens (primary N) is 1. The molecule has 2 saturated heterocycles. The van der Waals surface area contributed by atoms with E-state index in [-0.39, 0.29) is 41.6 Å². The fraction of sp³-hybridized carbons (Fsp3) is 0.808. The van der Waals surface area contributed by atoms with Crippen molar-refractivity contribution < 1.29 is 38.4 Å². The van der Waals surface area contributed by atoms with Crippen LogP contribution < -0.4 is 5.73 Å². The van der Waals surface area contributed by atoms with Gasteiger partial charge in [0.15, 0.2) is 17.3 Å². The lowest BCUT2D eigenvalue weighted by atomic mass is 9.67. The Morgan fingerprint density at radius 1 is 1.11 bits per heavy atom. The zero-order valence-corrected chi connectivity index (χ0v) is 24.1. The third-order valence-electron chi connectivity index (χ3n) is 7.93. The molecule has 0 bridgehead atoms. The van der Waals surface area contributed by atoms with Crippen LogP contribution in [0.1, 0.15) is 74.7 Å². The van der Waals surface area contributed by atoms with Crippen molar-refractivity contribution in [1.82, 2.24) is 0 Å². The van der Waals surface area contributed by atoms with Crippen molar-refractivity contribution in [3.05, 3.63) is 0 Å². The number of cyclic esters (lactones) is 1. The van der Waals surface area contributed by atoms with E-state index >= 15 is 0 Å². The van der Waals surface area contributed by atoms with Crippen molar-refractivity contribution >= 4 is 38.1 Å². The minimum Gasteiger partial charge on any atom is -0.458 e. The molecule has 0 aliphatic carbocycles. The standard InChI is InChI=1S/C26H43N2O8P/c1-9-18-26(8)20(19(25(32)35-26)23(27)28-36-17(7)37-33)15(5)21(29)13(3)10-12(2)11-14(4)22(30)16(6)24(31)34-18/h12-20,33,37H,9-11H2,1-8H3,(H2,27,28). The molecule has 0 spiro atoms. The molecule has 0 radical (unpaired) electrons. The lowest BCUT2D eigenvalue weighted by molar-refractivity contribution is -0.183. The predicted molar refractivity (Wildman–Crippen MR) is 139 cm³/mol. The second-order valence-electron chi connectivity index (χ2n) is 11.0. The van der Waals surface area contributed by atoms with Crippen molar-refractivity contribution in [2.24, 2.45) is 52.3 Å². The fourth-order valence-corrected chi connectivity index (χ4v) is 6.07. The first-order valence-electron chi connectivity index (χ1n) is 13.1. The van der Waals surface area contributed by atoms with Gasteiger partial charge < -0.3 is 24.9 Å². The molecule has 2 aliphatic rings. The molecular weight excluding hydrogens is 499 g/mol. The van der Waals surface area contributed by atoms with Crippen LogP contribution in [0.25, 0.3) is 0 Å². The number of hydrogen-bond donors (Lipinski definition) is 2. The Morgan fingerprint density at radius 2 is 1.68 bits per heavy atom. The fourth-order valence-electron chi connectivity index (χ4n) is 5.97. The normalized spacial score (nSPS) is 39.6. The average molecular weight is 543 g/mol. The van der Waals surface area contributed by atoms with Crippen LogP contribution in [-0.4, -0.2) is 51.8 Å². The first-order chi connectivity index (χ1) is 17.2. The number of fused-ring (bicyclic) bond motifs is 1. The lowest BCUT2D eigenvalue weighted by Crippen LogP contribution is -2.53. The summed E-state index contributed by atoms with van der Waals surface area (Å²) in [6, 6.07) is 0. The molecule has 2 aliphatic heterocycles. The van der Waals surface area contributed by atoms with Crippen LogP contribution in [0.5, 0.6) is 0 Å². The van der Waals surface area contributed by atoms with Crippen LogP contribution in [0, 0.1) is 41.4 Å². The minimum atomic E-state index is -1.41.